The molecule has 0 aliphatic carbocycles. The largest absolute Gasteiger partial charge is 0.444 e. The van der Waals surface area contributed by atoms with Crippen molar-refractivity contribution in [2.24, 2.45) is 0 Å². The number of hydrogen-bond acceptors (Lipinski definition) is 6. The van der Waals surface area contributed by atoms with Crippen LogP contribution in [-0.2, 0) is 9.47 Å². The van der Waals surface area contributed by atoms with E-state index >= 15 is 0 Å². The summed E-state index contributed by atoms with van der Waals surface area (Å²) in [5.41, 5.74) is 1.57. The molecule has 0 aromatic heterocycles. The average molecular weight is 414 g/mol. The van der Waals surface area contributed by atoms with Crippen LogP contribution in [0.25, 0.3) is 0 Å². The molecule has 3 rings (SSSR count). The van der Waals surface area contributed by atoms with E-state index in [2.05, 4.69) is 29.3 Å². The molecule has 27 heavy (non-hydrogen) atoms. The van der Waals surface area contributed by atoms with Crippen molar-refractivity contribution in [3.05, 3.63) is 34.3 Å². The number of amides is 1. The summed E-state index contributed by atoms with van der Waals surface area (Å²) in [4.78, 5) is 14.4. The molecule has 2 N–H and O–H groups in total. The first kappa shape index (κ1) is 20.7. The maximum Gasteiger partial charge on any atom is 0.410 e. The minimum Gasteiger partial charge on any atom is -0.444 e. The molecule has 1 atom stereocenters. The highest BCUT2D eigenvalue weighted by atomic mass is 35.5. The molecule has 0 spiro atoms. The fourth-order valence-corrected chi connectivity index (χ4v) is 3.83. The quantitative estimate of drug-likeness (QED) is 0.650. The number of hydrogen-bond donors (Lipinski definition) is 3. The molecular weight excluding hydrogens is 386 g/mol. The molecule has 0 radical (unpaired) electrons. The van der Waals surface area contributed by atoms with Crippen molar-refractivity contribution in [3.63, 3.8) is 0 Å². The number of nitrogens with zero attached hydrogens (tertiary/aromatic N) is 1. The molecule has 0 unspecified atom stereocenters. The van der Waals surface area contributed by atoms with Crippen LogP contribution in [0, 0.1) is 0 Å². The smallest absolute Gasteiger partial charge is 0.410 e. The monoisotopic (exact) mass is 413 g/mol. The number of halogens is 1. The van der Waals surface area contributed by atoms with Gasteiger partial charge in [-0.05, 0) is 44.0 Å². The third-order valence-corrected chi connectivity index (χ3v) is 5.25. The predicted molar refractivity (Wildman–Crippen MR) is 109 cm³/mol. The fraction of sp³-hybridized carbons (Fsp3) is 0.632. The number of morpholine rings is 1. The first-order chi connectivity index (χ1) is 12.7. The molecule has 0 bridgehead atoms. The van der Waals surface area contributed by atoms with E-state index in [1.807, 2.05) is 32.9 Å². The highest BCUT2D eigenvalue weighted by Gasteiger charge is 2.33. The van der Waals surface area contributed by atoms with Crippen LogP contribution in [-0.4, -0.2) is 54.9 Å². The van der Waals surface area contributed by atoms with Gasteiger partial charge in [0.15, 0.2) is 0 Å². The lowest BCUT2D eigenvalue weighted by molar-refractivity contribution is -0.0331. The minimum atomic E-state index is -0.539. The molecule has 2 saturated heterocycles. The number of thiol groups is 1. The van der Waals surface area contributed by atoms with E-state index < -0.39 is 5.60 Å². The number of carbonyl (C=O) groups is 1. The standard InChI is InChI=1S/C19H28ClN3O3S/c1-19(2,3)26-18(24)23-4-5-25-11-16(23)13-6-12(7-15(20)8-13)14-9-21-17(27)22-10-14/h6-8,14,16-17,21-22,27H,4-5,9-11H2,1-3H3/t14?,16-,17?/m0/s1. The molecule has 1 amide bonds. The van der Waals surface area contributed by atoms with Crippen LogP contribution in [0.2, 0.25) is 5.02 Å². The molecule has 6 nitrogen and oxygen atoms in total. The summed E-state index contributed by atoms with van der Waals surface area (Å²) >= 11 is 10.8. The van der Waals surface area contributed by atoms with Crippen LogP contribution in [0.5, 0.6) is 0 Å². The summed E-state index contributed by atoms with van der Waals surface area (Å²) in [6, 6.07) is 5.80. The minimum absolute atomic E-state index is 0.00862. The van der Waals surface area contributed by atoms with Gasteiger partial charge in [0, 0.05) is 30.6 Å². The normalized spacial score (nSPS) is 26.7. The first-order valence-corrected chi connectivity index (χ1v) is 10.1. The van der Waals surface area contributed by atoms with E-state index in [0.717, 1.165) is 24.2 Å². The third kappa shape index (κ3) is 5.51. The molecule has 150 valence electrons. The zero-order chi connectivity index (χ0) is 19.6. The Morgan fingerprint density at radius 2 is 1.93 bits per heavy atom. The highest BCUT2D eigenvalue weighted by Crippen LogP contribution is 2.31. The van der Waals surface area contributed by atoms with Crippen molar-refractivity contribution in [2.75, 3.05) is 32.8 Å². The molecular formula is C19H28ClN3O3S. The Morgan fingerprint density at radius 3 is 2.59 bits per heavy atom. The Balaban J connectivity index is 1.83. The van der Waals surface area contributed by atoms with Crippen molar-refractivity contribution >= 4 is 30.3 Å². The van der Waals surface area contributed by atoms with Gasteiger partial charge in [-0.2, -0.15) is 0 Å². The van der Waals surface area contributed by atoms with Crippen molar-refractivity contribution in [2.45, 2.75) is 43.8 Å². The molecule has 8 heteroatoms. The Labute approximate surface area is 171 Å². The van der Waals surface area contributed by atoms with Gasteiger partial charge in [-0.3, -0.25) is 15.5 Å². The van der Waals surface area contributed by atoms with E-state index in [4.69, 9.17) is 21.1 Å². The summed E-state index contributed by atoms with van der Waals surface area (Å²) in [6.45, 7) is 8.67. The molecule has 2 aliphatic heterocycles. The summed E-state index contributed by atoms with van der Waals surface area (Å²) in [7, 11) is 0. The highest BCUT2D eigenvalue weighted by molar-refractivity contribution is 7.80. The van der Waals surface area contributed by atoms with E-state index in [9.17, 15) is 4.79 Å². The SMILES string of the molecule is CC(C)(C)OC(=O)N1CCOC[C@H]1c1cc(Cl)cc(C2CNC(S)NC2)c1. The molecule has 1 aromatic rings. The number of rotatable bonds is 2. The molecule has 2 heterocycles. The second kappa shape index (κ2) is 8.57. The molecule has 1 aromatic carbocycles. The predicted octanol–water partition coefficient (Wildman–Crippen LogP) is 3.14. The van der Waals surface area contributed by atoms with Gasteiger partial charge in [-0.1, -0.05) is 17.7 Å². The summed E-state index contributed by atoms with van der Waals surface area (Å²) in [6.07, 6.45) is -0.323. The van der Waals surface area contributed by atoms with Crippen LogP contribution < -0.4 is 10.6 Å². The van der Waals surface area contributed by atoms with Crippen molar-refractivity contribution in [1.29, 1.82) is 0 Å². The van der Waals surface area contributed by atoms with Gasteiger partial charge < -0.3 is 9.47 Å². The van der Waals surface area contributed by atoms with Crippen LogP contribution in [0.4, 0.5) is 4.79 Å². The maximum absolute atomic E-state index is 12.7. The van der Waals surface area contributed by atoms with Gasteiger partial charge in [0.25, 0.3) is 0 Å². The number of carbonyl (C=O) groups excluding carboxylic acids is 1. The summed E-state index contributed by atoms with van der Waals surface area (Å²) in [5, 5.41) is 7.26. The van der Waals surface area contributed by atoms with E-state index in [1.54, 1.807) is 4.90 Å². The topological polar surface area (TPSA) is 62.8 Å². The Morgan fingerprint density at radius 1 is 1.26 bits per heavy atom. The fourth-order valence-electron chi connectivity index (χ4n) is 3.37. The van der Waals surface area contributed by atoms with Gasteiger partial charge in [0.2, 0.25) is 0 Å². The lowest BCUT2D eigenvalue weighted by Crippen LogP contribution is -2.48. The lowest BCUT2D eigenvalue weighted by Gasteiger charge is -2.37. The van der Waals surface area contributed by atoms with Gasteiger partial charge in [-0.25, -0.2) is 4.79 Å². The third-order valence-electron chi connectivity index (χ3n) is 4.67. The molecule has 2 fully saturated rings. The van der Waals surface area contributed by atoms with E-state index in [1.165, 1.54) is 0 Å². The summed E-state index contributed by atoms with van der Waals surface area (Å²) < 4.78 is 11.2. The molecule has 2 aliphatic rings. The molecule has 0 saturated carbocycles. The van der Waals surface area contributed by atoms with Crippen LogP contribution >= 0.6 is 24.2 Å². The number of benzene rings is 1. The van der Waals surface area contributed by atoms with Crippen molar-refractivity contribution < 1.29 is 14.3 Å². The Hall–Kier alpha value is -0.990. The van der Waals surface area contributed by atoms with Crippen LogP contribution in [0.1, 0.15) is 43.9 Å². The zero-order valence-electron chi connectivity index (χ0n) is 16.0. The number of nitrogens with one attached hydrogen (secondary N) is 2. The van der Waals surface area contributed by atoms with Crippen molar-refractivity contribution in [1.82, 2.24) is 15.5 Å². The van der Waals surface area contributed by atoms with Crippen LogP contribution in [0.3, 0.4) is 0 Å². The van der Waals surface area contributed by atoms with Gasteiger partial charge in [0.1, 0.15) is 11.1 Å². The second-order valence-corrected chi connectivity index (χ2v) is 8.95. The van der Waals surface area contributed by atoms with Crippen molar-refractivity contribution in [3.8, 4) is 0 Å². The maximum atomic E-state index is 12.7. The Kier molecular flexibility index (Phi) is 6.58. The average Bonchev–Trinajstić information content (AvgIpc) is 2.60. The van der Waals surface area contributed by atoms with E-state index in [0.29, 0.717) is 24.8 Å². The lowest BCUT2D eigenvalue weighted by atomic mass is 9.93. The van der Waals surface area contributed by atoms with E-state index in [-0.39, 0.29) is 23.6 Å². The Bertz CT molecular complexity index is 675. The number of ether oxygens (including phenoxy) is 2. The van der Waals surface area contributed by atoms with Gasteiger partial charge >= 0.3 is 6.09 Å². The first-order valence-electron chi connectivity index (χ1n) is 9.25. The van der Waals surface area contributed by atoms with Gasteiger partial charge in [-0.15, -0.1) is 12.6 Å². The van der Waals surface area contributed by atoms with Gasteiger partial charge in [0.05, 0.1) is 19.3 Å². The van der Waals surface area contributed by atoms with Crippen LogP contribution in [0.15, 0.2) is 18.2 Å². The zero-order valence-corrected chi connectivity index (χ0v) is 17.6. The summed E-state index contributed by atoms with van der Waals surface area (Å²) in [5.74, 6) is 0.283. The second-order valence-electron chi connectivity index (χ2n) is 8.00.